The van der Waals surface area contributed by atoms with E-state index >= 15 is 0 Å². The summed E-state index contributed by atoms with van der Waals surface area (Å²) in [6, 6.07) is 4.22. The third-order valence-corrected chi connectivity index (χ3v) is 7.05. The Bertz CT molecular complexity index is 1080. The van der Waals surface area contributed by atoms with Gasteiger partial charge in [-0.1, -0.05) is 5.16 Å². The number of aromatic nitrogens is 2. The summed E-state index contributed by atoms with van der Waals surface area (Å²) in [5, 5.41) is 6.60. The predicted molar refractivity (Wildman–Crippen MR) is 138 cm³/mol. The van der Waals surface area contributed by atoms with Gasteiger partial charge in [0.15, 0.2) is 6.29 Å². The van der Waals surface area contributed by atoms with Crippen molar-refractivity contribution in [1.29, 1.82) is 0 Å². The minimum atomic E-state index is -0.872. The van der Waals surface area contributed by atoms with Crippen LogP contribution in [0.25, 0.3) is 0 Å². The number of nitrogens with one attached hydrogen (secondary N) is 1. The molecule has 2 unspecified atom stereocenters. The van der Waals surface area contributed by atoms with Gasteiger partial charge in [-0.25, -0.2) is 4.39 Å². The number of unbranched alkanes of at least 4 members (excludes halogenated alkanes) is 1. The van der Waals surface area contributed by atoms with E-state index < -0.39 is 23.5 Å². The second-order valence-electron chi connectivity index (χ2n) is 9.70. The number of nitrogens with two attached hydrogens (primary N) is 1. The Morgan fingerprint density at radius 2 is 1.74 bits per heavy atom. The number of carbonyl (C=O) groups excluding carboxylic acids is 3. The second-order valence-corrected chi connectivity index (χ2v) is 9.70. The predicted octanol–water partition coefficient (Wildman–Crippen LogP) is 0.294. The molecule has 1 amide bonds. The number of piperazine rings is 1. The zero-order valence-corrected chi connectivity index (χ0v) is 22.0. The molecule has 2 fully saturated rings. The summed E-state index contributed by atoms with van der Waals surface area (Å²) in [7, 11) is 0. The molecule has 212 valence electrons. The standard InChI is InChI=1S/C26H36FN7O5/c27-20-6-4-19(5-7-20)26(37)29-21(3-1-2-8-28)24(36)25-30-22(39-31-25)17-32-9-11-33(12-10-32)23(18-35)34-13-15-38-16-14-34/h4-7,18,21,23H,1-3,8-17,28H2,(H,29,37). The lowest BCUT2D eigenvalue weighted by atomic mass is 10.0. The Kier molecular flexibility index (Phi) is 10.6. The van der Waals surface area contributed by atoms with Crippen molar-refractivity contribution in [3.05, 3.63) is 47.4 Å². The van der Waals surface area contributed by atoms with Crippen LogP contribution in [0.2, 0.25) is 0 Å². The van der Waals surface area contributed by atoms with Gasteiger partial charge in [0.25, 0.3) is 5.91 Å². The molecule has 0 saturated carbocycles. The van der Waals surface area contributed by atoms with Gasteiger partial charge in [0.1, 0.15) is 12.0 Å². The van der Waals surface area contributed by atoms with E-state index in [1.807, 2.05) is 0 Å². The van der Waals surface area contributed by atoms with Crippen molar-refractivity contribution in [2.45, 2.75) is 38.0 Å². The first-order valence-electron chi connectivity index (χ1n) is 13.3. The Labute approximate surface area is 226 Å². The molecule has 2 atom stereocenters. The summed E-state index contributed by atoms with van der Waals surface area (Å²) < 4.78 is 24.0. The maximum absolute atomic E-state index is 13.2. The number of Topliss-reactive ketones (excluding diaryl/α,β-unsaturated/α-hetero) is 1. The van der Waals surface area contributed by atoms with Crippen LogP contribution < -0.4 is 11.1 Å². The number of carbonyl (C=O) groups is 3. The van der Waals surface area contributed by atoms with Gasteiger partial charge in [-0.05, 0) is 50.1 Å². The molecule has 39 heavy (non-hydrogen) atoms. The summed E-state index contributed by atoms with van der Waals surface area (Å²) in [5.74, 6) is -1.20. The molecule has 0 radical (unpaired) electrons. The zero-order valence-electron chi connectivity index (χ0n) is 22.0. The van der Waals surface area contributed by atoms with Crippen molar-refractivity contribution in [1.82, 2.24) is 30.2 Å². The monoisotopic (exact) mass is 545 g/mol. The molecule has 2 aliphatic heterocycles. The van der Waals surface area contributed by atoms with E-state index in [-0.39, 0.29) is 17.6 Å². The van der Waals surface area contributed by atoms with Crippen molar-refractivity contribution in [3.8, 4) is 0 Å². The van der Waals surface area contributed by atoms with E-state index in [2.05, 4.69) is 30.2 Å². The van der Waals surface area contributed by atoms with E-state index in [1.54, 1.807) is 0 Å². The Hall–Kier alpha value is -3.10. The number of amides is 1. The number of morpholine rings is 1. The van der Waals surface area contributed by atoms with Gasteiger partial charge in [-0.15, -0.1) is 0 Å². The van der Waals surface area contributed by atoms with Crippen LogP contribution in [0.3, 0.4) is 0 Å². The molecule has 0 spiro atoms. The highest BCUT2D eigenvalue weighted by atomic mass is 19.1. The maximum atomic E-state index is 13.2. The lowest BCUT2D eigenvalue weighted by molar-refractivity contribution is -0.124. The van der Waals surface area contributed by atoms with Crippen LogP contribution in [0.15, 0.2) is 28.8 Å². The number of hydrogen-bond acceptors (Lipinski definition) is 11. The Morgan fingerprint density at radius 1 is 1.05 bits per heavy atom. The number of nitrogens with zero attached hydrogens (tertiary/aromatic N) is 5. The largest absolute Gasteiger partial charge is 0.379 e. The molecular formula is C26H36FN7O5. The molecule has 3 heterocycles. The fraction of sp³-hybridized carbons (Fsp3) is 0.577. The molecule has 3 N–H and O–H groups in total. The van der Waals surface area contributed by atoms with Gasteiger partial charge in [-0.3, -0.25) is 24.3 Å². The number of benzene rings is 1. The molecule has 13 heteroatoms. The van der Waals surface area contributed by atoms with Crippen LogP contribution in [-0.4, -0.2) is 114 Å². The van der Waals surface area contributed by atoms with E-state index in [0.717, 1.165) is 19.4 Å². The summed E-state index contributed by atoms with van der Waals surface area (Å²) in [5.41, 5.74) is 5.83. The fourth-order valence-corrected chi connectivity index (χ4v) is 4.80. The van der Waals surface area contributed by atoms with Crippen molar-refractivity contribution < 1.29 is 28.0 Å². The average Bonchev–Trinajstić information content (AvgIpc) is 3.43. The highest BCUT2D eigenvalue weighted by Gasteiger charge is 2.31. The van der Waals surface area contributed by atoms with Gasteiger partial charge in [0.2, 0.25) is 17.5 Å². The smallest absolute Gasteiger partial charge is 0.251 e. The topological polar surface area (TPSA) is 147 Å². The van der Waals surface area contributed by atoms with Crippen LogP contribution in [-0.2, 0) is 16.1 Å². The van der Waals surface area contributed by atoms with Crippen LogP contribution in [0, 0.1) is 5.82 Å². The first kappa shape index (κ1) is 28.9. The van der Waals surface area contributed by atoms with Crippen LogP contribution in [0.1, 0.15) is 46.1 Å². The van der Waals surface area contributed by atoms with Crippen LogP contribution in [0.4, 0.5) is 4.39 Å². The molecule has 0 bridgehead atoms. The normalized spacial score (nSPS) is 18.9. The summed E-state index contributed by atoms with van der Waals surface area (Å²) >= 11 is 0. The van der Waals surface area contributed by atoms with Gasteiger partial charge >= 0.3 is 0 Å². The first-order chi connectivity index (χ1) is 19.0. The lowest BCUT2D eigenvalue weighted by Crippen LogP contribution is -2.58. The number of rotatable bonds is 13. The number of hydrogen-bond donors (Lipinski definition) is 2. The number of ketones is 1. The molecule has 4 rings (SSSR count). The zero-order chi connectivity index (χ0) is 27.6. The molecule has 0 aliphatic carbocycles. The highest BCUT2D eigenvalue weighted by molar-refractivity contribution is 6.02. The molecule has 12 nitrogen and oxygen atoms in total. The second kappa shape index (κ2) is 14.3. The van der Waals surface area contributed by atoms with E-state index in [4.69, 9.17) is 15.0 Å². The van der Waals surface area contributed by atoms with Crippen molar-refractivity contribution in [3.63, 3.8) is 0 Å². The summed E-state index contributed by atoms with van der Waals surface area (Å²) in [6.07, 6.45) is 2.41. The van der Waals surface area contributed by atoms with E-state index in [1.165, 1.54) is 24.3 Å². The summed E-state index contributed by atoms with van der Waals surface area (Å²) in [6.45, 7) is 6.40. The molecule has 2 saturated heterocycles. The summed E-state index contributed by atoms with van der Waals surface area (Å²) in [4.78, 5) is 48.4. The SMILES string of the molecule is NCCCCC(NC(=O)c1ccc(F)cc1)C(=O)c1noc(CN2CCN(C(C=O)N3CCOCC3)CC2)n1. The average molecular weight is 546 g/mol. The van der Waals surface area contributed by atoms with Crippen LogP contribution >= 0.6 is 0 Å². The third kappa shape index (κ3) is 7.96. The fourth-order valence-electron chi connectivity index (χ4n) is 4.80. The minimum absolute atomic E-state index is 0.103. The van der Waals surface area contributed by atoms with Gasteiger partial charge in [0.05, 0.1) is 25.8 Å². The van der Waals surface area contributed by atoms with Crippen molar-refractivity contribution >= 4 is 18.0 Å². The molecule has 2 aliphatic rings. The maximum Gasteiger partial charge on any atom is 0.251 e. The quantitative estimate of drug-likeness (QED) is 0.203. The van der Waals surface area contributed by atoms with E-state index in [9.17, 15) is 18.8 Å². The third-order valence-electron chi connectivity index (χ3n) is 7.05. The van der Waals surface area contributed by atoms with Crippen molar-refractivity contribution in [2.75, 3.05) is 59.0 Å². The Morgan fingerprint density at radius 3 is 2.41 bits per heavy atom. The van der Waals surface area contributed by atoms with Gasteiger partial charge in [-0.2, -0.15) is 4.98 Å². The van der Waals surface area contributed by atoms with Gasteiger partial charge in [0, 0.05) is 44.8 Å². The molecular weight excluding hydrogens is 509 g/mol. The number of aldehydes is 1. The lowest BCUT2D eigenvalue weighted by Gasteiger charge is -2.42. The molecule has 1 aromatic carbocycles. The Balaban J connectivity index is 1.32. The number of halogens is 1. The first-order valence-corrected chi connectivity index (χ1v) is 13.3. The van der Waals surface area contributed by atoms with Gasteiger partial charge < -0.3 is 25.1 Å². The van der Waals surface area contributed by atoms with E-state index in [0.29, 0.717) is 77.6 Å². The molecule has 1 aromatic heterocycles. The number of ether oxygens (including phenoxy) is 1. The van der Waals surface area contributed by atoms with Crippen LogP contribution in [0.5, 0.6) is 0 Å². The minimum Gasteiger partial charge on any atom is -0.379 e. The molecule has 2 aromatic rings. The van der Waals surface area contributed by atoms with Crippen molar-refractivity contribution in [2.24, 2.45) is 5.73 Å². The highest BCUT2D eigenvalue weighted by Crippen LogP contribution is 2.14.